The van der Waals surface area contributed by atoms with Crippen molar-refractivity contribution in [1.82, 2.24) is 10.2 Å². The van der Waals surface area contributed by atoms with Crippen LogP contribution < -0.4 is 5.32 Å². The fourth-order valence-electron chi connectivity index (χ4n) is 2.88. The number of aliphatic hydroxyl groups excluding tert-OH is 1. The van der Waals surface area contributed by atoms with E-state index in [1.807, 2.05) is 6.92 Å². The molecule has 4 nitrogen and oxygen atoms in total. The molecule has 0 atom stereocenters. The molecule has 0 unspecified atom stereocenters. The molecule has 0 aromatic carbocycles. The highest BCUT2D eigenvalue weighted by atomic mass is 19.4. The normalized spacial score (nSPS) is 18.9. The third-order valence-electron chi connectivity index (χ3n) is 3.77. The Morgan fingerprint density at radius 3 is 2.40 bits per heavy atom. The Labute approximate surface area is 117 Å². The molecule has 7 heteroatoms. The minimum absolute atomic E-state index is 0.267. The number of aliphatic hydroxyl groups is 1. The maximum absolute atomic E-state index is 12.6. The van der Waals surface area contributed by atoms with E-state index in [2.05, 4.69) is 5.32 Å². The molecule has 0 spiro atoms. The van der Waals surface area contributed by atoms with E-state index >= 15 is 0 Å². The van der Waals surface area contributed by atoms with Crippen LogP contribution in [0.1, 0.15) is 32.6 Å². The monoisotopic (exact) mass is 296 g/mol. The molecule has 1 saturated heterocycles. The van der Waals surface area contributed by atoms with Gasteiger partial charge in [-0.2, -0.15) is 13.2 Å². The number of alkyl halides is 3. The molecule has 0 radical (unpaired) electrons. The van der Waals surface area contributed by atoms with E-state index in [0.29, 0.717) is 32.4 Å². The van der Waals surface area contributed by atoms with Crippen LogP contribution >= 0.6 is 0 Å². The van der Waals surface area contributed by atoms with E-state index < -0.39 is 30.7 Å². The molecule has 0 aromatic heterocycles. The standard InChI is InChI=1S/C13H23F3N2O2/c1-2-3-12(4-6-17-7-5-12)11(20)18(8-9-19)10-13(14,15)16/h17,19H,2-10H2,1H3. The smallest absolute Gasteiger partial charge is 0.395 e. The third kappa shape index (κ3) is 4.63. The van der Waals surface area contributed by atoms with Gasteiger partial charge in [0.2, 0.25) is 5.91 Å². The number of rotatable bonds is 6. The van der Waals surface area contributed by atoms with E-state index in [-0.39, 0.29) is 6.54 Å². The fourth-order valence-corrected chi connectivity index (χ4v) is 2.88. The predicted molar refractivity (Wildman–Crippen MR) is 69.2 cm³/mol. The van der Waals surface area contributed by atoms with Gasteiger partial charge in [-0.1, -0.05) is 13.3 Å². The van der Waals surface area contributed by atoms with Crippen molar-refractivity contribution >= 4 is 5.91 Å². The summed E-state index contributed by atoms with van der Waals surface area (Å²) in [5.74, 6) is -0.466. The maximum Gasteiger partial charge on any atom is 0.406 e. The van der Waals surface area contributed by atoms with Crippen LogP contribution in [0.4, 0.5) is 13.2 Å². The molecular formula is C13H23F3N2O2. The van der Waals surface area contributed by atoms with Crippen molar-refractivity contribution in [2.45, 2.75) is 38.8 Å². The summed E-state index contributed by atoms with van der Waals surface area (Å²) < 4.78 is 37.7. The van der Waals surface area contributed by atoms with Crippen LogP contribution in [-0.4, -0.2) is 54.9 Å². The van der Waals surface area contributed by atoms with Crippen molar-refractivity contribution < 1.29 is 23.1 Å². The van der Waals surface area contributed by atoms with E-state index in [4.69, 9.17) is 5.11 Å². The quantitative estimate of drug-likeness (QED) is 0.782. The first-order valence-electron chi connectivity index (χ1n) is 7.02. The highest BCUT2D eigenvalue weighted by molar-refractivity contribution is 5.83. The molecule has 1 fully saturated rings. The Kier molecular flexibility index (Phi) is 6.26. The number of nitrogens with zero attached hydrogens (tertiary/aromatic N) is 1. The van der Waals surface area contributed by atoms with Gasteiger partial charge in [0.15, 0.2) is 0 Å². The second kappa shape index (κ2) is 7.26. The van der Waals surface area contributed by atoms with Crippen LogP contribution in [0.5, 0.6) is 0 Å². The van der Waals surface area contributed by atoms with Gasteiger partial charge in [-0.3, -0.25) is 4.79 Å². The molecule has 1 aliphatic rings. The Morgan fingerprint density at radius 2 is 1.95 bits per heavy atom. The number of hydrogen-bond acceptors (Lipinski definition) is 3. The van der Waals surface area contributed by atoms with Crippen molar-refractivity contribution in [2.75, 3.05) is 32.8 Å². The van der Waals surface area contributed by atoms with Crippen LogP contribution in [-0.2, 0) is 4.79 Å². The van der Waals surface area contributed by atoms with Gasteiger partial charge in [-0.25, -0.2) is 0 Å². The van der Waals surface area contributed by atoms with Crippen molar-refractivity contribution in [3.05, 3.63) is 0 Å². The second-order valence-corrected chi connectivity index (χ2v) is 5.35. The molecule has 2 N–H and O–H groups in total. The Morgan fingerprint density at radius 1 is 1.35 bits per heavy atom. The van der Waals surface area contributed by atoms with Crippen molar-refractivity contribution in [1.29, 1.82) is 0 Å². The molecule has 118 valence electrons. The molecule has 0 saturated carbocycles. The van der Waals surface area contributed by atoms with Crippen molar-refractivity contribution in [2.24, 2.45) is 5.41 Å². The molecule has 0 aliphatic carbocycles. The van der Waals surface area contributed by atoms with Crippen LogP contribution in [0.3, 0.4) is 0 Å². The summed E-state index contributed by atoms with van der Waals surface area (Å²) in [5.41, 5.74) is -0.708. The summed E-state index contributed by atoms with van der Waals surface area (Å²) in [6.45, 7) is 1.21. The Balaban J connectivity index is 2.88. The lowest BCUT2D eigenvalue weighted by molar-refractivity contribution is -0.170. The maximum atomic E-state index is 12.6. The highest BCUT2D eigenvalue weighted by Gasteiger charge is 2.43. The van der Waals surface area contributed by atoms with Gasteiger partial charge in [0, 0.05) is 6.54 Å². The lowest BCUT2D eigenvalue weighted by atomic mass is 9.74. The van der Waals surface area contributed by atoms with Crippen LogP contribution in [0.25, 0.3) is 0 Å². The van der Waals surface area contributed by atoms with Gasteiger partial charge >= 0.3 is 6.18 Å². The SMILES string of the molecule is CCCC1(C(=O)N(CCO)CC(F)(F)F)CCNCC1. The van der Waals surface area contributed by atoms with E-state index in [1.54, 1.807) is 0 Å². The Hall–Kier alpha value is -0.820. The highest BCUT2D eigenvalue weighted by Crippen LogP contribution is 2.36. The molecule has 0 bridgehead atoms. The lowest BCUT2D eigenvalue weighted by Crippen LogP contribution is -2.52. The van der Waals surface area contributed by atoms with Gasteiger partial charge in [0.1, 0.15) is 6.54 Å². The first kappa shape index (κ1) is 17.2. The van der Waals surface area contributed by atoms with Gasteiger partial charge in [0.05, 0.1) is 12.0 Å². The largest absolute Gasteiger partial charge is 0.406 e. The fraction of sp³-hybridized carbons (Fsp3) is 0.923. The number of amides is 1. The average Bonchev–Trinajstić information content (AvgIpc) is 2.37. The minimum Gasteiger partial charge on any atom is -0.395 e. The van der Waals surface area contributed by atoms with Gasteiger partial charge in [0.25, 0.3) is 0 Å². The van der Waals surface area contributed by atoms with Gasteiger partial charge in [-0.05, 0) is 32.4 Å². The first-order valence-corrected chi connectivity index (χ1v) is 7.02. The summed E-state index contributed by atoms with van der Waals surface area (Å²) in [7, 11) is 0. The predicted octanol–water partition coefficient (Wildman–Crippen LogP) is 1.54. The number of carbonyl (C=O) groups is 1. The van der Waals surface area contributed by atoms with Crippen LogP contribution in [0.2, 0.25) is 0 Å². The molecule has 1 rings (SSSR count). The van der Waals surface area contributed by atoms with Crippen molar-refractivity contribution in [3.8, 4) is 0 Å². The van der Waals surface area contributed by atoms with E-state index in [9.17, 15) is 18.0 Å². The van der Waals surface area contributed by atoms with Gasteiger partial charge in [-0.15, -0.1) is 0 Å². The molecule has 0 aromatic rings. The number of hydrogen-bond donors (Lipinski definition) is 2. The molecule has 1 amide bonds. The summed E-state index contributed by atoms with van der Waals surface area (Å²) in [6, 6.07) is 0. The van der Waals surface area contributed by atoms with Gasteiger partial charge < -0.3 is 15.3 Å². The zero-order chi connectivity index (χ0) is 15.2. The van der Waals surface area contributed by atoms with E-state index in [1.165, 1.54) is 0 Å². The third-order valence-corrected chi connectivity index (χ3v) is 3.77. The van der Waals surface area contributed by atoms with E-state index in [0.717, 1.165) is 11.3 Å². The molecule has 20 heavy (non-hydrogen) atoms. The van der Waals surface area contributed by atoms with Crippen LogP contribution in [0, 0.1) is 5.41 Å². The average molecular weight is 296 g/mol. The number of piperidine rings is 1. The zero-order valence-electron chi connectivity index (χ0n) is 11.8. The zero-order valence-corrected chi connectivity index (χ0v) is 11.8. The molecule has 1 heterocycles. The summed E-state index contributed by atoms with van der Waals surface area (Å²) in [6.07, 6.45) is -1.98. The minimum atomic E-state index is -4.44. The topological polar surface area (TPSA) is 52.6 Å². The number of carbonyl (C=O) groups excluding carboxylic acids is 1. The second-order valence-electron chi connectivity index (χ2n) is 5.35. The summed E-state index contributed by atoms with van der Waals surface area (Å²) in [5, 5.41) is 12.1. The lowest BCUT2D eigenvalue weighted by Gasteiger charge is -2.40. The summed E-state index contributed by atoms with van der Waals surface area (Å²) in [4.78, 5) is 13.3. The number of halogens is 3. The van der Waals surface area contributed by atoms with Crippen LogP contribution in [0.15, 0.2) is 0 Å². The van der Waals surface area contributed by atoms with Crippen molar-refractivity contribution in [3.63, 3.8) is 0 Å². The Bertz CT molecular complexity index is 310. The first-order chi connectivity index (χ1) is 9.34. The number of nitrogens with one attached hydrogen (secondary N) is 1. The molecular weight excluding hydrogens is 273 g/mol. The molecule has 1 aliphatic heterocycles. The summed E-state index contributed by atoms with van der Waals surface area (Å²) >= 11 is 0.